The zero-order valence-electron chi connectivity index (χ0n) is 16.7. The highest BCUT2D eigenvalue weighted by atomic mass is 16.5. The maximum absolute atomic E-state index is 5.89. The maximum Gasteiger partial charge on any atom is 0.127 e. The Morgan fingerprint density at radius 2 is 0.839 bits per heavy atom. The molecule has 0 aliphatic rings. The van der Waals surface area contributed by atoms with Gasteiger partial charge in [-0.1, -0.05) is 0 Å². The molecule has 0 heterocycles. The largest absolute Gasteiger partial charge is 0.457 e. The van der Waals surface area contributed by atoms with Crippen LogP contribution in [0.25, 0.3) is 0 Å². The van der Waals surface area contributed by atoms with E-state index < -0.39 is 0 Å². The zero-order valence-corrected chi connectivity index (χ0v) is 16.7. The minimum Gasteiger partial charge on any atom is -0.457 e. The van der Waals surface area contributed by atoms with Crippen molar-refractivity contribution in [3.05, 3.63) is 97.1 Å². The summed E-state index contributed by atoms with van der Waals surface area (Å²) in [7, 11) is 0. The molecule has 7 nitrogen and oxygen atoms in total. The lowest BCUT2D eigenvalue weighted by atomic mass is 10.3. The Morgan fingerprint density at radius 1 is 0.484 bits per heavy atom. The second kappa shape index (κ2) is 9.32. The van der Waals surface area contributed by atoms with Crippen molar-refractivity contribution in [2.75, 3.05) is 22.3 Å². The van der Waals surface area contributed by atoms with Gasteiger partial charge in [-0.25, -0.2) is 0 Å². The molecule has 4 aromatic carbocycles. The van der Waals surface area contributed by atoms with Gasteiger partial charge in [0, 0.05) is 11.4 Å². The molecular weight excluding hydrogens is 388 g/mol. The third-order valence-corrected chi connectivity index (χ3v) is 4.36. The lowest BCUT2D eigenvalue weighted by Crippen LogP contribution is -2.08. The number of azo groups is 1. The molecule has 0 radical (unpaired) electrons. The third-order valence-electron chi connectivity index (χ3n) is 4.36. The van der Waals surface area contributed by atoms with Gasteiger partial charge in [-0.3, -0.25) is 0 Å². The zero-order chi connectivity index (χ0) is 21.5. The summed E-state index contributed by atoms with van der Waals surface area (Å²) in [6.07, 6.45) is 0. The van der Waals surface area contributed by atoms with Crippen molar-refractivity contribution >= 4 is 34.1 Å². The number of hydrogen-bond donors (Lipinski definition) is 4. The fourth-order valence-corrected chi connectivity index (χ4v) is 2.69. The predicted octanol–water partition coefficient (Wildman–Crippen LogP) is 6.50. The summed E-state index contributed by atoms with van der Waals surface area (Å²) in [4.78, 5) is 0. The van der Waals surface area contributed by atoms with Crippen LogP contribution in [-0.4, -0.2) is 0 Å². The standard InChI is InChI=1S/C24H22N6O/c25-17-1-5-19(6-2-17)27-29-21-9-13-23(14-10-21)31-24-15-11-22(12-16-24)30-28-20-7-3-18(26)4-8-20/h1-16,27,29H,25-26H2/b30-28+. The van der Waals surface area contributed by atoms with Gasteiger partial charge in [-0.05, 0) is 97.1 Å². The lowest BCUT2D eigenvalue weighted by Gasteiger charge is -2.11. The van der Waals surface area contributed by atoms with Crippen molar-refractivity contribution < 1.29 is 4.74 Å². The number of nitrogens with one attached hydrogen (secondary N) is 2. The van der Waals surface area contributed by atoms with Crippen molar-refractivity contribution in [1.29, 1.82) is 0 Å². The van der Waals surface area contributed by atoms with E-state index in [4.69, 9.17) is 16.2 Å². The van der Waals surface area contributed by atoms with E-state index in [0.29, 0.717) is 11.4 Å². The van der Waals surface area contributed by atoms with Crippen LogP contribution in [0.4, 0.5) is 34.1 Å². The summed E-state index contributed by atoms with van der Waals surface area (Å²) in [6, 6.07) is 29.7. The van der Waals surface area contributed by atoms with E-state index in [0.717, 1.165) is 34.2 Å². The molecule has 31 heavy (non-hydrogen) atoms. The van der Waals surface area contributed by atoms with Gasteiger partial charge in [0.25, 0.3) is 0 Å². The molecule has 4 aromatic rings. The molecule has 0 aliphatic heterocycles. The molecule has 0 atom stereocenters. The average molecular weight is 410 g/mol. The van der Waals surface area contributed by atoms with E-state index in [1.165, 1.54) is 0 Å². The molecule has 0 amide bonds. The van der Waals surface area contributed by atoms with Crippen LogP contribution in [0.1, 0.15) is 0 Å². The number of hydrogen-bond acceptors (Lipinski definition) is 7. The van der Waals surface area contributed by atoms with Crippen molar-refractivity contribution in [3.8, 4) is 11.5 Å². The summed E-state index contributed by atoms with van der Waals surface area (Å²) >= 11 is 0. The van der Waals surface area contributed by atoms with E-state index >= 15 is 0 Å². The van der Waals surface area contributed by atoms with Crippen LogP contribution >= 0.6 is 0 Å². The summed E-state index contributed by atoms with van der Waals surface area (Å²) in [5.41, 5.74) is 22.3. The number of nitrogen functional groups attached to an aromatic ring is 2. The number of ether oxygens (including phenoxy) is 1. The van der Waals surface area contributed by atoms with E-state index in [-0.39, 0.29) is 0 Å². The SMILES string of the molecule is Nc1ccc(/N=N/c2ccc(Oc3ccc(NNc4ccc(N)cc4)cc3)cc2)cc1. The molecule has 7 heteroatoms. The molecule has 0 bridgehead atoms. The second-order valence-electron chi connectivity index (χ2n) is 6.78. The van der Waals surface area contributed by atoms with Crippen LogP contribution in [0.3, 0.4) is 0 Å². The van der Waals surface area contributed by atoms with Gasteiger partial charge in [-0.15, -0.1) is 0 Å². The summed E-state index contributed by atoms with van der Waals surface area (Å²) < 4.78 is 5.89. The molecule has 0 saturated carbocycles. The molecule has 0 aliphatic carbocycles. The quantitative estimate of drug-likeness (QED) is 0.158. The number of anilines is 4. The Bertz CT molecular complexity index is 1140. The van der Waals surface area contributed by atoms with Crippen LogP contribution in [0.15, 0.2) is 107 Å². The predicted molar refractivity (Wildman–Crippen MR) is 126 cm³/mol. The Hall–Kier alpha value is -4.52. The maximum atomic E-state index is 5.89. The normalized spacial score (nSPS) is 10.7. The molecule has 154 valence electrons. The highest BCUT2D eigenvalue weighted by Gasteiger charge is 2.00. The third kappa shape index (κ3) is 5.74. The Morgan fingerprint density at radius 3 is 1.32 bits per heavy atom. The minimum absolute atomic E-state index is 0.697. The first-order chi connectivity index (χ1) is 15.1. The fraction of sp³-hybridized carbons (Fsp3) is 0. The molecule has 0 fully saturated rings. The number of benzene rings is 4. The van der Waals surface area contributed by atoms with Gasteiger partial charge < -0.3 is 27.1 Å². The van der Waals surface area contributed by atoms with Crippen LogP contribution in [0.2, 0.25) is 0 Å². The van der Waals surface area contributed by atoms with Crippen LogP contribution < -0.4 is 27.1 Å². The lowest BCUT2D eigenvalue weighted by molar-refractivity contribution is 0.483. The van der Waals surface area contributed by atoms with E-state index in [1.807, 2.05) is 84.9 Å². The van der Waals surface area contributed by atoms with Gasteiger partial charge in [0.2, 0.25) is 0 Å². The number of nitrogens with zero attached hydrogens (tertiary/aromatic N) is 2. The van der Waals surface area contributed by atoms with E-state index in [2.05, 4.69) is 21.1 Å². The summed E-state index contributed by atoms with van der Waals surface area (Å²) in [5.74, 6) is 1.45. The molecule has 0 spiro atoms. The van der Waals surface area contributed by atoms with E-state index in [9.17, 15) is 0 Å². The summed E-state index contributed by atoms with van der Waals surface area (Å²) in [6.45, 7) is 0. The molecule has 0 saturated heterocycles. The highest BCUT2D eigenvalue weighted by molar-refractivity contribution is 5.56. The molecule has 0 unspecified atom stereocenters. The fourth-order valence-electron chi connectivity index (χ4n) is 2.69. The first-order valence-electron chi connectivity index (χ1n) is 9.67. The molecule has 0 aromatic heterocycles. The van der Waals surface area contributed by atoms with Crippen LogP contribution in [-0.2, 0) is 0 Å². The molecular formula is C24H22N6O. The number of hydrazine groups is 1. The van der Waals surface area contributed by atoms with Crippen molar-refractivity contribution in [1.82, 2.24) is 0 Å². The number of rotatable bonds is 7. The number of nitrogens with two attached hydrogens (primary N) is 2. The van der Waals surface area contributed by atoms with Crippen LogP contribution in [0, 0.1) is 0 Å². The highest BCUT2D eigenvalue weighted by Crippen LogP contribution is 2.26. The van der Waals surface area contributed by atoms with Crippen molar-refractivity contribution in [3.63, 3.8) is 0 Å². The second-order valence-corrected chi connectivity index (χ2v) is 6.78. The first kappa shape index (κ1) is 19.8. The average Bonchev–Trinajstić information content (AvgIpc) is 2.80. The van der Waals surface area contributed by atoms with Gasteiger partial charge >= 0.3 is 0 Å². The topological polar surface area (TPSA) is 110 Å². The minimum atomic E-state index is 0.697. The monoisotopic (exact) mass is 410 g/mol. The van der Waals surface area contributed by atoms with Crippen molar-refractivity contribution in [2.45, 2.75) is 0 Å². The Balaban J connectivity index is 1.31. The van der Waals surface area contributed by atoms with Gasteiger partial charge in [0.05, 0.1) is 22.7 Å². The van der Waals surface area contributed by atoms with Gasteiger partial charge in [-0.2, -0.15) is 10.2 Å². The molecule has 6 N–H and O–H groups in total. The van der Waals surface area contributed by atoms with E-state index in [1.54, 1.807) is 12.1 Å². The smallest absolute Gasteiger partial charge is 0.127 e. The Labute approximate surface area is 180 Å². The Kier molecular flexibility index (Phi) is 5.95. The van der Waals surface area contributed by atoms with Gasteiger partial charge in [0.1, 0.15) is 11.5 Å². The van der Waals surface area contributed by atoms with Crippen molar-refractivity contribution in [2.24, 2.45) is 10.2 Å². The first-order valence-corrected chi connectivity index (χ1v) is 9.67. The van der Waals surface area contributed by atoms with Crippen LogP contribution in [0.5, 0.6) is 11.5 Å². The van der Waals surface area contributed by atoms with Gasteiger partial charge in [0.15, 0.2) is 0 Å². The summed E-state index contributed by atoms with van der Waals surface area (Å²) in [5, 5.41) is 8.42. The molecule has 4 rings (SSSR count).